The van der Waals surface area contributed by atoms with Gasteiger partial charge in [-0.15, -0.1) is 0 Å². The Labute approximate surface area is 142 Å². The molecule has 1 aromatic carbocycles. The van der Waals surface area contributed by atoms with Gasteiger partial charge in [-0.3, -0.25) is 9.59 Å². The van der Waals surface area contributed by atoms with Gasteiger partial charge in [0.15, 0.2) is 5.16 Å². The summed E-state index contributed by atoms with van der Waals surface area (Å²) < 4.78 is 0. The first kappa shape index (κ1) is 16.1. The van der Waals surface area contributed by atoms with Crippen molar-refractivity contribution in [3.63, 3.8) is 0 Å². The number of nitrogens with zero attached hydrogens (tertiary/aromatic N) is 1. The van der Waals surface area contributed by atoms with Crippen molar-refractivity contribution >= 4 is 35.0 Å². The third-order valence-electron chi connectivity index (χ3n) is 3.62. The number of carbonyl (C=O) groups is 1. The molecule has 1 aromatic heterocycles. The molecule has 1 heterocycles. The van der Waals surface area contributed by atoms with Crippen molar-refractivity contribution in [2.24, 2.45) is 0 Å². The van der Waals surface area contributed by atoms with Gasteiger partial charge in [0.1, 0.15) is 0 Å². The zero-order valence-corrected chi connectivity index (χ0v) is 14.0. The van der Waals surface area contributed by atoms with Crippen LogP contribution in [0, 0.1) is 0 Å². The molecule has 0 saturated heterocycles. The summed E-state index contributed by atoms with van der Waals surface area (Å²) in [6, 6.07) is 6.97. The molecule has 0 saturated carbocycles. The lowest BCUT2D eigenvalue weighted by Crippen LogP contribution is -2.22. The molecule has 0 unspecified atom stereocenters. The molecule has 2 aromatic rings. The number of fused-ring (bicyclic) bond motifs is 1. The normalized spacial score (nSPS) is 13.4. The number of aromatic nitrogens is 2. The Morgan fingerprint density at radius 2 is 2.17 bits per heavy atom. The second kappa shape index (κ2) is 7.19. The maximum atomic E-state index is 12.0. The fraction of sp³-hybridized carbons (Fsp3) is 0.312. The monoisotopic (exact) mass is 349 g/mol. The number of nitrogens with one attached hydrogen (secondary N) is 2. The van der Waals surface area contributed by atoms with E-state index in [0.717, 1.165) is 36.9 Å². The molecule has 23 heavy (non-hydrogen) atoms. The predicted molar refractivity (Wildman–Crippen MR) is 92.3 cm³/mol. The van der Waals surface area contributed by atoms with Crippen molar-refractivity contribution in [2.75, 3.05) is 11.1 Å². The van der Waals surface area contributed by atoms with Crippen LogP contribution in [0.4, 0.5) is 5.69 Å². The van der Waals surface area contributed by atoms with Crippen LogP contribution in [0.3, 0.4) is 0 Å². The van der Waals surface area contributed by atoms with E-state index in [0.29, 0.717) is 15.9 Å². The number of aryl methyl sites for hydroxylation is 1. The summed E-state index contributed by atoms with van der Waals surface area (Å²) >= 11 is 7.11. The minimum absolute atomic E-state index is 0.0764. The van der Waals surface area contributed by atoms with Crippen molar-refractivity contribution in [3.8, 4) is 0 Å². The van der Waals surface area contributed by atoms with E-state index >= 15 is 0 Å². The number of halogens is 1. The molecule has 5 nitrogen and oxygen atoms in total. The smallest absolute Gasteiger partial charge is 0.254 e. The van der Waals surface area contributed by atoms with Crippen molar-refractivity contribution in [1.29, 1.82) is 0 Å². The fourth-order valence-electron chi connectivity index (χ4n) is 2.55. The van der Waals surface area contributed by atoms with Crippen LogP contribution in [-0.2, 0) is 17.6 Å². The molecule has 0 aliphatic heterocycles. The van der Waals surface area contributed by atoms with Crippen LogP contribution in [0.5, 0.6) is 0 Å². The lowest BCUT2D eigenvalue weighted by molar-refractivity contribution is -0.113. The van der Waals surface area contributed by atoms with Gasteiger partial charge in [0.05, 0.1) is 11.4 Å². The summed E-state index contributed by atoms with van der Waals surface area (Å²) in [6.45, 7) is 0. The number of hydrogen-bond donors (Lipinski definition) is 2. The highest BCUT2D eigenvalue weighted by Crippen LogP contribution is 2.20. The summed E-state index contributed by atoms with van der Waals surface area (Å²) in [5, 5.41) is 3.83. The van der Waals surface area contributed by atoms with Crippen LogP contribution in [0.15, 0.2) is 34.2 Å². The maximum Gasteiger partial charge on any atom is 0.254 e. The summed E-state index contributed by atoms with van der Waals surface area (Å²) in [5.74, 6) is 0.00599. The van der Waals surface area contributed by atoms with Gasteiger partial charge in [-0.1, -0.05) is 29.4 Å². The van der Waals surface area contributed by atoms with E-state index in [2.05, 4.69) is 15.3 Å². The van der Waals surface area contributed by atoms with Gasteiger partial charge in [0.2, 0.25) is 5.91 Å². The minimum atomic E-state index is -0.169. The van der Waals surface area contributed by atoms with E-state index in [4.69, 9.17) is 11.6 Å². The summed E-state index contributed by atoms with van der Waals surface area (Å²) in [5.41, 5.74) is 2.24. The Balaban J connectivity index is 1.63. The number of benzene rings is 1. The molecule has 2 N–H and O–H groups in total. The second-order valence-electron chi connectivity index (χ2n) is 5.35. The number of rotatable bonds is 4. The largest absolute Gasteiger partial charge is 0.325 e. The Morgan fingerprint density at radius 1 is 1.35 bits per heavy atom. The number of H-pyrrole nitrogens is 1. The SMILES string of the molecule is O=C(CSc1nc2c(c(=O)[nH]1)CCCC2)Nc1cccc(Cl)c1. The van der Waals surface area contributed by atoms with E-state index < -0.39 is 0 Å². The lowest BCUT2D eigenvalue weighted by atomic mass is 9.97. The Morgan fingerprint density at radius 3 is 3.00 bits per heavy atom. The van der Waals surface area contributed by atoms with Crippen molar-refractivity contribution in [2.45, 2.75) is 30.8 Å². The van der Waals surface area contributed by atoms with Crippen LogP contribution in [0.1, 0.15) is 24.1 Å². The van der Waals surface area contributed by atoms with E-state index in [9.17, 15) is 9.59 Å². The molecular formula is C16H16ClN3O2S. The minimum Gasteiger partial charge on any atom is -0.325 e. The first-order valence-corrected chi connectivity index (χ1v) is 8.78. The molecule has 120 valence electrons. The van der Waals surface area contributed by atoms with Gasteiger partial charge >= 0.3 is 0 Å². The molecule has 3 rings (SSSR count). The molecule has 1 aliphatic carbocycles. The number of thioether (sulfide) groups is 1. The molecule has 0 fully saturated rings. The number of anilines is 1. The summed E-state index contributed by atoms with van der Waals surface area (Å²) in [6.07, 6.45) is 3.72. The van der Waals surface area contributed by atoms with E-state index in [-0.39, 0.29) is 17.2 Å². The lowest BCUT2D eigenvalue weighted by Gasteiger charge is -2.14. The molecule has 0 atom stereocenters. The van der Waals surface area contributed by atoms with Crippen LogP contribution < -0.4 is 10.9 Å². The zero-order chi connectivity index (χ0) is 16.2. The average Bonchev–Trinajstić information content (AvgIpc) is 2.53. The Hall–Kier alpha value is -1.79. The number of aromatic amines is 1. The highest BCUT2D eigenvalue weighted by atomic mass is 35.5. The van der Waals surface area contributed by atoms with E-state index in [1.165, 1.54) is 11.8 Å². The topological polar surface area (TPSA) is 74.8 Å². The first-order valence-electron chi connectivity index (χ1n) is 7.42. The molecule has 7 heteroatoms. The van der Waals surface area contributed by atoms with Crippen LogP contribution >= 0.6 is 23.4 Å². The van der Waals surface area contributed by atoms with Crippen molar-refractivity contribution in [3.05, 3.63) is 50.9 Å². The number of carbonyl (C=O) groups excluding carboxylic acids is 1. The van der Waals surface area contributed by atoms with Gasteiger partial charge in [-0.25, -0.2) is 4.98 Å². The fourth-order valence-corrected chi connectivity index (χ4v) is 3.42. The third-order valence-corrected chi connectivity index (χ3v) is 4.73. The Bertz CT molecular complexity index is 791. The molecule has 0 spiro atoms. The molecule has 1 aliphatic rings. The van der Waals surface area contributed by atoms with Gasteiger partial charge in [0.25, 0.3) is 5.56 Å². The quantitative estimate of drug-likeness (QED) is 0.657. The van der Waals surface area contributed by atoms with Gasteiger partial charge in [-0.05, 0) is 43.9 Å². The average molecular weight is 350 g/mol. The molecule has 0 radical (unpaired) electrons. The second-order valence-corrected chi connectivity index (χ2v) is 6.75. The highest BCUT2D eigenvalue weighted by Gasteiger charge is 2.16. The van der Waals surface area contributed by atoms with E-state index in [1.807, 2.05) is 0 Å². The van der Waals surface area contributed by atoms with Gasteiger partial charge < -0.3 is 10.3 Å². The molecular weight excluding hydrogens is 334 g/mol. The zero-order valence-electron chi connectivity index (χ0n) is 12.4. The maximum absolute atomic E-state index is 12.0. The molecule has 0 bridgehead atoms. The predicted octanol–water partition coefficient (Wildman–Crippen LogP) is 3.03. The van der Waals surface area contributed by atoms with Crippen LogP contribution in [-0.4, -0.2) is 21.6 Å². The molecule has 1 amide bonds. The highest BCUT2D eigenvalue weighted by molar-refractivity contribution is 7.99. The third kappa shape index (κ3) is 4.14. The number of amides is 1. The van der Waals surface area contributed by atoms with Gasteiger partial charge in [-0.2, -0.15) is 0 Å². The van der Waals surface area contributed by atoms with Crippen LogP contribution in [0.25, 0.3) is 0 Å². The van der Waals surface area contributed by atoms with Crippen LogP contribution in [0.2, 0.25) is 5.02 Å². The van der Waals surface area contributed by atoms with Gasteiger partial charge in [0, 0.05) is 16.3 Å². The summed E-state index contributed by atoms with van der Waals surface area (Å²) in [7, 11) is 0. The van der Waals surface area contributed by atoms with Crippen molar-refractivity contribution in [1.82, 2.24) is 9.97 Å². The summed E-state index contributed by atoms with van der Waals surface area (Å²) in [4.78, 5) is 31.2. The standard InChI is InChI=1S/C16H16ClN3O2S/c17-10-4-3-5-11(8-10)18-14(21)9-23-16-19-13-7-2-1-6-12(13)15(22)20-16/h3-5,8H,1-2,6-7,9H2,(H,18,21)(H,19,20,22). The first-order chi connectivity index (χ1) is 11.1. The van der Waals surface area contributed by atoms with Crippen molar-refractivity contribution < 1.29 is 4.79 Å². The Kier molecular flexibility index (Phi) is 5.03. The van der Waals surface area contributed by atoms with E-state index in [1.54, 1.807) is 24.3 Å². The number of hydrogen-bond acceptors (Lipinski definition) is 4.